The number of methoxy groups -OCH3 is 3. The summed E-state index contributed by atoms with van der Waals surface area (Å²) in [4.78, 5) is 12.3. The summed E-state index contributed by atoms with van der Waals surface area (Å²) in [5.41, 5.74) is 2.69. The van der Waals surface area contributed by atoms with Gasteiger partial charge in [0.05, 0.1) is 27.4 Å². The van der Waals surface area contributed by atoms with Crippen LogP contribution in [0.3, 0.4) is 0 Å². The van der Waals surface area contributed by atoms with Crippen molar-refractivity contribution in [2.75, 3.05) is 21.3 Å². The van der Waals surface area contributed by atoms with Crippen molar-refractivity contribution in [3.8, 4) is 17.2 Å². The first-order valence-corrected chi connectivity index (χ1v) is 7.36. The topological polar surface area (TPSA) is 56.8 Å². The molecule has 2 aromatic carbocycles. The minimum atomic E-state index is -0.133. The summed E-state index contributed by atoms with van der Waals surface area (Å²) < 4.78 is 16.1. The summed E-state index contributed by atoms with van der Waals surface area (Å²) >= 11 is 0. The minimum absolute atomic E-state index is 0.0643. The molecule has 0 bridgehead atoms. The molecule has 0 fully saturated rings. The van der Waals surface area contributed by atoms with Crippen molar-refractivity contribution >= 4 is 5.91 Å². The summed E-state index contributed by atoms with van der Waals surface area (Å²) in [6.07, 6.45) is 0.723. The molecule has 0 unspecified atom stereocenters. The van der Waals surface area contributed by atoms with Crippen molar-refractivity contribution < 1.29 is 19.0 Å². The summed E-state index contributed by atoms with van der Waals surface area (Å²) in [6, 6.07) is 11.3. The summed E-state index contributed by atoms with van der Waals surface area (Å²) in [5.74, 6) is 1.64. The van der Waals surface area contributed by atoms with Crippen LogP contribution in [0.1, 0.15) is 27.5 Å². The first-order valence-electron chi connectivity index (χ1n) is 7.36. The standard InChI is InChI=1S/C18H19NO4/c1-21-15-9-12(10-16(22-2)17(15)23-3)14-8-11-6-4-5-7-13(11)18(20)19-14/h4-7,9-10,14H,8H2,1-3H3,(H,19,20)/t14-/m0/s1. The van der Waals surface area contributed by atoms with E-state index in [1.54, 1.807) is 21.3 Å². The van der Waals surface area contributed by atoms with Crippen molar-refractivity contribution in [1.82, 2.24) is 5.32 Å². The fraction of sp³-hybridized carbons (Fsp3) is 0.278. The van der Waals surface area contributed by atoms with Crippen LogP contribution in [-0.4, -0.2) is 27.2 Å². The molecule has 1 atom stereocenters. The van der Waals surface area contributed by atoms with Crippen LogP contribution in [0, 0.1) is 0 Å². The highest BCUT2D eigenvalue weighted by molar-refractivity contribution is 5.97. The van der Waals surface area contributed by atoms with Gasteiger partial charge in [0, 0.05) is 5.56 Å². The van der Waals surface area contributed by atoms with E-state index in [0.29, 0.717) is 17.2 Å². The number of carbonyl (C=O) groups is 1. The SMILES string of the molecule is COc1cc([C@@H]2Cc3ccccc3C(=O)N2)cc(OC)c1OC. The van der Waals surface area contributed by atoms with Gasteiger partial charge in [-0.15, -0.1) is 0 Å². The maximum Gasteiger partial charge on any atom is 0.252 e. The Morgan fingerprint density at radius 2 is 1.65 bits per heavy atom. The molecule has 0 saturated heterocycles. The Bertz CT molecular complexity index is 717. The van der Waals surface area contributed by atoms with Gasteiger partial charge in [-0.3, -0.25) is 4.79 Å². The van der Waals surface area contributed by atoms with E-state index in [1.165, 1.54) is 0 Å². The van der Waals surface area contributed by atoms with Crippen LogP contribution >= 0.6 is 0 Å². The van der Waals surface area contributed by atoms with Gasteiger partial charge in [0.1, 0.15) is 0 Å². The number of hydrogen-bond acceptors (Lipinski definition) is 4. The second kappa shape index (κ2) is 6.20. The average Bonchev–Trinajstić information content (AvgIpc) is 2.60. The van der Waals surface area contributed by atoms with Gasteiger partial charge in [0.15, 0.2) is 11.5 Å². The first-order chi connectivity index (χ1) is 11.2. The quantitative estimate of drug-likeness (QED) is 0.943. The maximum absolute atomic E-state index is 12.3. The highest BCUT2D eigenvalue weighted by Gasteiger charge is 2.26. The van der Waals surface area contributed by atoms with Gasteiger partial charge in [-0.05, 0) is 35.7 Å². The molecule has 0 spiro atoms. The van der Waals surface area contributed by atoms with Gasteiger partial charge in [0.2, 0.25) is 5.75 Å². The first kappa shape index (κ1) is 15.2. The lowest BCUT2D eigenvalue weighted by atomic mass is 9.91. The van der Waals surface area contributed by atoms with Gasteiger partial charge in [0.25, 0.3) is 5.91 Å². The Balaban J connectivity index is 2.01. The Morgan fingerprint density at radius 3 is 2.26 bits per heavy atom. The molecule has 0 saturated carbocycles. The fourth-order valence-electron chi connectivity index (χ4n) is 2.93. The lowest BCUT2D eigenvalue weighted by Gasteiger charge is -2.27. The molecule has 1 N–H and O–H groups in total. The summed E-state index contributed by atoms with van der Waals surface area (Å²) in [5, 5.41) is 3.04. The van der Waals surface area contributed by atoms with Gasteiger partial charge >= 0.3 is 0 Å². The second-order valence-corrected chi connectivity index (χ2v) is 5.35. The van der Waals surface area contributed by atoms with Crippen molar-refractivity contribution in [3.05, 3.63) is 53.1 Å². The van der Waals surface area contributed by atoms with Gasteiger partial charge in [-0.1, -0.05) is 18.2 Å². The number of amides is 1. The Kier molecular flexibility index (Phi) is 4.10. The van der Waals surface area contributed by atoms with E-state index in [0.717, 1.165) is 23.1 Å². The van der Waals surface area contributed by atoms with Gasteiger partial charge in [-0.25, -0.2) is 0 Å². The van der Waals surface area contributed by atoms with Crippen LogP contribution in [0.15, 0.2) is 36.4 Å². The third-order valence-electron chi connectivity index (χ3n) is 4.08. The normalized spacial score (nSPS) is 16.3. The molecule has 2 aromatic rings. The Morgan fingerprint density at radius 1 is 1.00 bits per heavy atom. The molecule has 1 amide bonds. The number of carbonyl (C=O) groups excluding carboxylic acids is 1. The van der Waals surface area contributed by atoms with E-state index < -0.39 is 0 Å². The van der Waals surface area contributed by atoms with E-state index in [-0.39, 0.29) is 11.9 Å². The van der Waals surface area contributed by atoms with Crippen LogP contribution in [-0.2, 0) is 6.42 Å². The zero-order valence-corrected chi connectivity index (χ0v) is 13.4. The minimum Gasteiger partial charge on any atom is -0.493 e. The van der Waals surface area contributed by atoms with E-state index in [1.807, 2.05) is 36.4 Å². The molecule has 0 aromatic heterocycles. The fourth-order valence-corrected chi connectivity index (χ4v) is 2.93. The third-order valence-corrected chi connectivity index (χ3v) is 4.08. The molecule has 1 heterocycles. The average molecular weight is 313 g/mol. The molecule has 120 valence electrons. The molecular formula is C18H19NO4. The van der Waals surface area contributed by atoms with E-state index in [2.05, 4.69) is 5.32 Å². The number of ether oxygens (including phenoxy) is 3. The summed E-state index contributed by atoms with van der Waals surface area (Å²) in [6.45, 7) is 0. The predicted octanol–water partition coefficient (Wildman–Crippen LogP) is 2.74. The van der Waals surface area contributed by atoms with Crippen LogP contribution in [0.2, 0.25) is 0 Å². The van der Waals surface area contributed by atoms with Crippen LogP contribution in [0.5, 0.6) is 17.2 Å². The predicted molar refractivity (Wildman–Crippen MR) is 86.5 cm³/mol. The van der Waals surface area contributed by atoms with Crippen LogP contribution < -0.4 is 19.5 Å². The lowest BCUT2D eigenvalue weighted by molar-refractivity contribution is 0.0925. The lowest BCUT2D eigenvalue weighted by Crippen LogP contribution is -2.35. The monoisotopic (exact) mass is 313 g/mol. The number of rotatable bonds is 4. The van der Waals surface area contributed by atoms with E-state index in [9.17, 15) is 4.79 Å². The van der Waals surface area contributed by atoms with Crippen molar-refractivity contribution in [3.63, 3.8) is 0 Å². The zero-order chi connectivity index (χ0) is 16.4. The van der Waals surface area contributed by atoms with Crippen molar-refractivity contribution in [2.45, 2.75) is 12.5 Å². The Labute approximate surface area is 135 Å². The highest BCUT2D eigenvalue weighted by atomic mass is 16.5. The molecule has 0 aliphatic carbocycles. The second-order valence-electron chi connectivity index (χ2n) is 5.35. The highest BCUT2D eigenvalue weighted by Crippen LogP contribution is 2.40. The summed E-state index contributed by atoms with van der Waals surface area (Å²) in [7, 11) is 4.73. The largest absolute Gasteiger partial charge is 0.493 e. The molecule has 5 heteroatoms. The molecule has 1 aliphatic rings. The van der Waals surface area contributed by atoms with Crippen molar-refractivity contribution in [1.29, 1.82) is 0 Å². The molecular weight excluding hydrogens is 294 g/mol. The number of fused-ring (bicyclic) bond motifs is 1. The smallest absolute Gasteiger partial charge is 0.252 e. The van der Waals surface area contributed by atoms with E-state index in [4.69, 9.17) is 14.2 Å². The molecule has 23 heavy (non-hydrogen) atoms. The zero-order valence-electron chi connectivity index (χ0n) is 13.4. The van der Waals surface area contributed by atoms with Gasteiger partial charge in [-0.2, -0.15) is 0 Å². The number of benzene rings is 2. The number of nitrogens with one attached hydrogen (secondary N) is 1. The number of hydrogen-bond donors (Lipinski definition) is 1. The van der Waals surface area contributed by atoms with E-state index >= 15 is 0 Å². The molecule has 0 radical (unpaired) electrons. The Hall–Kier alpha value is -2.69. The van der Waals surface area contributed by atoms with Crippen molar-refractivity contribution in [2.24, 2.45) is 0 Å². The third kappa shape index (κ3) is 2.70. The molecule has 3 rings (SSSR count). The maximum atomic E-state index is 12.3. The van der Waals surface area contributed by atoms with Gasteiger partial charge < -0.3 is 19.5 Å². The molecule has 1 aliphatic heterocycles. The molecule has 5 nitrogen and oxygen atoms in total. The van der Waals surface area contributed by atoms with Crippen LogP contribution in [0.25, 0.3) is 0 Å². The van der Waals surface area contributed by atoms with Crippen LogP contribution in [0.4, 0.5) is 0 Å².